The average molecular weight is 217 g/mol. The number of aromatic amines is 1. The monoisotopic (exact) mass is 217 g/mol. The summed E-state index contributed by atoms with van der Waals surface area (Å²) in [6.45, 7) is 0.725. The zero-order chi connectivity index (χ0) is 11.4. The summed E-state index contributed by atoms with van der Waals surface area (Å²) in [5.41, 5.74) is 2.05. The fraction of sp³-hybridized carbons (Fsp3) is 0.273. The summed E-state index contributed by atoms with van der Waals surface area (Å²) in [7, 11) is 3.94. The minimum Gasteiger partial charge on any atom is -0.378 e. The second-order valence-corrected chi connectivity index (χ2v) is 3.73. The summed E-state index contributed by atoms with van der Waals surface area (Å²) in [6.07, 6.45) is 3.57. The lowest BCUT2D eigenvalue weighted by Gasteiger charge is -2.11. The second-order valence-electron chi connectivity index (χ2n) is 3.73. The number of hydrogen-bond donors (Lipinski definition) is 2. The van der Waals surface area contributed by atoms with Gasteiger partial charge in [0.2, 0.25) is 0 Å². The van der Waals surface area contributed by atoms with Gasteiger partial charge in [0, 0.05) is 20.3 Å². The minimum atomic E-state index is 0.725. The number of aromatic nitrogens is 3. The molecule has 2 rings (SSSR count). The molecule has 0 aliphatic carbocycles. The zero-order valence-electron chi connectivity index (χ0n) is 9.44. The predicted octanol–water partition coefficient (Wildman–Crippen LogP) is 1.48. The van der Waals surface area contributed by atoms with Crippen LogP contribution in [0, 0.1) is 0 Å². The average Bonchev–Trinajstić information content (AvgIpc) is 2.80. The molecule has 2 aromatic heterocycles. The van der Waals surface area contributed by atoms with Crippen LogP contribution in [-0.4, -0.2) is 29.3 Å². The quantitative estimate of drug-likeness (QED) is 0.814. The lowest BCUT2D eigenvalue weighted by atomic mass is 10.3. The molecule has 0 radical (unpaired) electrons. The van der Waals surface area contributed by atoms with Gasteiger partial charge in [0.15, 0.2) is 0 Å². The lowest BCUT2D eigenvalue weighted by Crippen LogP contribution is -2.10. The van der Waals surface area contributed by atoms with Crippen molar-refractivity contribution < 1.29 is 0 Å². The molecule has 2 heterocycles. The number of nitrogens with one attached hydrogen (secondary N) is 2. The predicted molar refractivity (Wildman–Crippen MR) is 64.5 cm³/mol. The first-order chi connectivity index (χ1) is 7.75. The van der Waals surface area contributed by atoms with Crippen molar-refractivity contribution in [2.75, 3.05) is 24.3 Å². The van der Waals surface area contributed by atoms with E-state index in [0.717, 1.165) is 23.7 Å². The van der Waals surface area contributed by atoms with E-state index in [1.807, 2.05) is 43.4 Å². The molecule has 0 aromatic carbocycles. The van der Waals surface area contributed by atoms with Gasteiger partial charge >= 0.3 is 0 Å². The van der Waals surface area contributed by atoms with Gasteiger partial charge < -0.3 is 10.2 Å². The largest absolute Gasteiger partial charge is 0.378 e. The van der Waals surface area contributed by atoms with Crippen LogP contribution in [0.25, 0.3) is 0 Å². The van der Waals surface area contributed by atoms with Crippen LogP contribution in [0.15, 0.2) is 30.6 Å². The van der Waals surface area contributed by atoms with Crippen molar-refractivity contribution in [1.82, 2.24) is 15.2 Å². The Labute approximate surface area is 94.5 Å². The van der Waals surface area contributed by atoms with E-state index in [1.54, 1.807) is 6.20 Å². The lowest BCUT2D eigenvalue weighted by molar-refractivity contribution is 0.979. The molecule has 5 heteroatoms. The van der Waals surface area contributed by atoms with Crippen LogP contribution in [0.4, 0.5) is 11.5 Å². The SMILES string of the molecule is CN(C)c1ccc(NCc2ccn[nH]2)cn1. The fourth-order valence-corrected chi connectivity index (χ4v) is 1.34. The topological polar surface area (TPSA) is 56.8 Å². The Balaban J connectivity index is 1.95. The van der Waals surface area contributed by atoms with Crippen molar-refractivity contribution in [3.8, 4) is 0 Å². The molecule has 84 valence electrons. The molecule has 0 amide bonds. The van der Waals surface area contributed by atoms with Gasteiger partial charge in [0.1, 0.15) is 5.82 Å². The van der Waals surface area contributed by atoms with Gasteiger partial charge in [0.05, 0.1) is 24.1 Å². The molecular formula is C11H15N5. The van der Waals surface area contributed by atoms with Crippen molar-refractivity contribution in [3.63, 3.8) is 0 Å². The molecule has 0 atom stereocenters. The second kappa shape index (κ2) is 4.65. The van der Waals surface area contributed by atoms with E-state index in [1.165, 1.54) is 0 Å². The Kier molecular flexibility index (Phi) is 3.05. The summed E-state index contributed by atoms with van der Waals surface area (Å²) in [4.78, 5) is 6.29. The number of pyridine rings is 1. The summed E-state index contributed by atoms with van der Waals surface area (Å²) in [6, 6.07) is 5.93. The highest BCUT2D eigenvalue weighted by molar-refractivity contribution is 5.47. The summed E-state index contributed by atoms with van der Waals surface area (Å²) >= 11 is 0. The van der Waals surface area contributed by atoms with Crippen molar-refractivity contribution in [2.24, 2.45) is 0 Å². The third kappa shape index (κ3) is 2.50. The van der Waals surface area contributed by atoms with Crippen molar-refractivity contribution in [2.45, 2.75) is 6.54 Å². The molecular weight excluding hydrogens is 202 g/mol. The van der Waals surface area contributed by atoms with Crippen LogP contribution in [0.3, 0.4) is 0 Å². The van der Waals surface area contributed by atoms with E-state index in [-0.39, 0.29) is 0 Å². The van der Waals surface area contributed by atoms with Gasteiger partial charge in [-0.1, -0.05) is 0 Å². The smallest absolute Gasteiger partial charge is 0.128 e. The first-order valence-corrected chi connectivity index (χ1v) is 5.11. The van der Waals surface area contributed by atoms with Crippen LogP contribution in [0.5, 0.6) is 0 Å². The molecule has 16 heavy (non-hydrogen) atoms. The molecule has 0 saturated heterocycles. The summed E-state index contributed by atoms with van der Waals surface area (Å²) in [5, 5.41) is 10.0. The number of hydrogen-bond acceptors (Lipinski definition) is 4. The molecule has 0 aliphatic rings. The Morgan fingerprint density at radius 3 is 2.75 bits per heavy atom. The number of H-pyrrole nitrogens is 1. The number of rotatable bonds is 4. The third-order valence-electron chi connectivity index (χ3n) is 2.25. The van der Waals surface area contributed by atoms with Crippen molar-refractivity contribution >= 4 is 11.5 Å². The van der Waals surface area contributed by atoms with Gasteiger partial charge in [-0.25, -0.2) is 4.98 Å². The molecule has 0 fully saturated rings. The van der Waals surface area contributed by atoms with Crippen molar-refractivity contribution in [3.05, 3.63) is 36.3 Å². The normalized spacial score (nSPS) is 10.1. The zero-order valence-corrected chi connectivity index (χ0v) is 9.44. The van der Waals surface area contributed by atoms with Crippen LogP contribution in [0.1, 0.15) is 5.69 Å². The van der Waals surface area contributed by atoms with E-state index in [2.05, 4.69) is 20.5 Å². The Morgan fingerprint density at radius 2 is 2.19 bits per heavy atom. The van der Waals surface area contributed by atoms with Gasteiger partial charge in [0.25, 0.3) is 0 Å². The van der Waals surface area contributed by atoms with E-state index in [0.29, 0.717) is 0 Å². The molecule has 5 nitrogen and oxygen atoms in total. The Hall–Kier alpha value is -2.04. The highest BCUT2D eigenvalue weighted by Crippen LogP contribution is 2.12. The molecule has 0 saturated carbocycles. The first kappa shape index (κ1) is 10.5. The van der Waals surface area contributed by atoms with Gasteiger partial charge in [-0.3, -0.25) is 5.10 Å². The van der Waals surface area contributed by atoms with Gasteiger partial charge in [-0.2, -0.15) is 5.10 Å². The van der Waals surface area contributed by atoms with Gasteiger partial charge in [-0.15, -0.1) is 0 Å². The van der Waals surface area contributed by atoms with Crippen LogP contribution in [0.2, 0.25) is 0 Å². The maximum atomic E-state index is 4.32. The Bertz CT molecular complexity index is 418. The summed E-state index contributed by atoms with van der Waals surface area (Å²) < 4.78 is 0. The fourth-order valence-electron chi connectivity index (χ4n) is 1.34. The van der Waals surface area contributed by atoms with E-state index >= 15 is 0 Å². The molecule has 0 spiro atoms. The molecule has 0 bridgehead atoms. The maximum absolute atomic E-state index is 4.32. The highest BCUT2D eigenvalue weighted by Gasteiger charge is 1.98. The highest BCUT2D eigenvalue weighted by atomic mass is 15.1. The molecule has 0 aliphatic heterocycles. The standard InChI is InChI=1S/C11H15N5/c1-16(2)11-4-3-9(7-13-11)12-8-10-5-6-14-15-10/h3-7,12H,8H2,1-2H3,(H,14,15). The summed E-state index contributed by atoms with van der Waals surface area (Å²) in [5.74, 6) is 0.951. The minimum absolute atomic E-state index is 0.725. The maximum Gasteiger partial charge on any atom is 0.128 e. The Morgan fingerprint density at radius 1 is 1.31 bits per heavy atom. The van der Waals surface area contributed by atoms with E-state index < -0.39 is 0 Å². The molecule has 2 N–H and O–H groups in total. The van der Waals surface area contributed by atoms with E-state index in [4.69, 9.17) is 0 Å². The number of nitrogens with zero attached hydrogens (tertiary/aromatic N) is 3. The van der Waals surface area contributed by atoms with Crippen LogP contribution < -0.4 is 10.2 Å². The van der Waals surface area contributed by atoms with Crippen molar-refractivity contribution in [1.29, 1.82) is 0 Å². The van der Waals surface area contributed by atoms with Crippen LogP contribution >= 0.6 is 0 Å². The van der Waals surface area contributed by atoms with Gasteiger partial charge in [-0.05, 0) is 18.2 Å². The van der Waals surface area contributed by atoms with E-state index in [9.17, 15) is 0 Å². The third-order valence-corrected chi connectivity index (χ3v) is 2.25. The number of anilines is 2. The molecule has 0 unspecified atom stereocenters. The van der Waals surface area contributed by atoms with Crippen LogP contribution in [-0.2, 0) is 6.54 Å². The molecule has 2 aromatic rings. The first-order valence-electron chi connectivity index (χ1n) is 5.11.